The van der Waals surface area contributed by atoms with Gasteiger partial charge < -0.3 is 5.73 Å². The van der Waals surface area contributed by atoms with Gasteiger partial charge >= 0.3 is 0 Å². The fourth-order valence-corrected chi connectivity index (χ4v) is 2.45. The highest BCUT2D eigenvalue weighted by molar-refractivity contribution is 5.35. The molecule has 1 aliphatic carbocycles. The molecule has 2 heterocycles. The van der Waals surface area contributed by atoms with Crippen molar-refractivity contribution in [3.63, 3.8) is 0 Å². The molecule has 7 heteroatoms. The number of nitrogen functional groups attached to an aromatic ring is 1. The Morgan fingerprint density at radius 2 is 2.00 bits per heavy atom. The predicted octanol–water partition coefficient (Wildman–Crippen LogP) is 0.442. The lowest BCUT2D eigenvalue weighted by atomic mass is 9.89. The highest BCUT2D eigenvalue weighted by Crippen LogP contribution is 2.31. The number of hydrogen-bond donors (Lipinski definition) is 2. The summed E-state index contributed by atoms with van der Waals surface area (Å²) in [4.78, 5) is 14.0. The number of rotatable bonds is 1. The van der Waals surface area contributed by atoms with E-state index in [0.29, 0.717) is 5.92 Å². The van der Waals surface area contributed by atoms with Gasteiger partial charge in [-0.25, -0.2) is 0 Å². The second kappa shape index (κ2) is 3.83. The molecule has 0 bridgehead atoms. The van der Waals surface area contributed by atoms with E-state index in [2.05, 4.69) is 20.3 Å². The smallest absolute Gasteiger partial charge is 0.297 e. The number of nitrogens with two attached hydrogens (primary N) is 1. The monoisotopic (exact) mass is 234 g/mol. The van der Waals surface area contributed by atoms with Crippen molar-refractivity contribution in [2.24, 2.45) is 0 Å². The largest absolute Gasteiger partial charge is 0.368 e. The lowest BCUT2D eigenvalue weighted by molar-refractivity contribution is 0.423. The van der Waals surface area contributed by atoms with Crippen molar-refractivity contribution in [1.29, 1.82) is 0 Å². The molecule has 7 nitrogen and oxygen atoms in total. The number of hydrogen-bond acceptors (Lipinski definition) is 5. The number of nitrogens with zero attached hydrogens (tertiary/aromatic N) is 4. The van der Waals surface area contributed by atoms with E-state index in [1.54, 1.807) is 0 Å². The number of aromatic nitrogens is 5. The third-order valence-corrected chi connectivity index (χ3v) is 3.29. The molecule has 2 aromatic rings. The van der Waals surface area contributed by atoms with Crippen molar-refractivity contribution in [1.82, 2.24) is 24.8 Å². The summed E-state index contributed by atoms with van der Waals surface area (Å²) in [5.41, 5.74) is 5.42. The average molecular weight is 234 g/mol. The van der Waals surface area contributed by atoms with E-state index in [0.717, 1.165) is 18.7 Å². The van der Waals surface area contributed by atoms with Crippen LogP contribution in [0.4, 0.5) is 5.95 Å². The highest BCUT2D eigenvalue weighted by Gasteiger charge is 2.22. The van der Waals surface area contributed by atoms with Crippen LogP contribution in [0.5, 0.6) is 0 Å². The SMILES string of the molecule is Nc1nn2c(C3CCCCC3)nnc2c(=O)[nH]1. The Kier molecular flexibility index (Phi) is 2.31. The van der Waals surface area contributed by atoms with E-state index in [-0.39, 0.29) is 17.2 Å². The molecule has 0 amide bonds. The first-order chi connectivity index (χ1) is 8.25. The standard InChI is InChI=1S/C10H14N6O/c11-10-12-9(17)8-14-13-7(16(8)15-10)6-4-2-1-3-5-6/h6H,1-5H2,(H3,11,12,15,17). The first kappa shape index (κ1) is 10.2. The molecule has 2 aromatic heterocycles. The molecule has 17 heavy (non-hydrogen) atoms. The zero-order valence-corrected chi connectivity index (χ0v) is 9.39. The molecule has 0 unspecified atom stereocenters. The van der Waals surface area contributed by atoms with Crippen LogP contribution in [0.2, 0.25) is 0 Å². The van der Waals surface area contributed by atoms with Crippen molar-refractivity contribution in [3.8, 4) is 0 Å². The summed E-state index contributed by atoms with van der Waals surface area (Å²) in [6.45, 7) is 0. The second-order valence-electron chi connectivity index (χ2n) is 4.47. The van der Waals surface area contributed by atoms with Crippen LogP contribution in [-0.4, -0.2) is 24.8 Å². The molecular formula is C10H14N6O. The van der Waals surface area contributed by atoms with Crippen LogP contribution in [-0.2, 0) is 0 Å². The maximum Gasteiger partial charge on any atom is 0.297 e. The van der Waals surface area contributed by atoms with Crippen molar-refractivity contribution in [2.75, 3.05) is 5.73 Å². The van der Waals surface area contributed by atoms with Crippen LogP contribution >= 0.6 is 0 Å². The van der Waals surface area contributed by atoms with E-state index >= 15 is 0 Å². The van der Waals surface area contributed by atoms with Gasteiger partial charge in [0, 0.05) is 5.92 Å². The van der Waals surface area contributed by atoms with Crippen LogP contribution in [0.25, 0.3) is 5.65 Å². The van der Waals surface area contributed by atoms with Crippen LogP contribution in [0.15, 0.2) is 4.79 Å². The molecular weight excluding hydrogens is 220 g/mol. The quantitative estimate of drug-likeness (QED) is 0.745. The molecule has 3 N–H and O–H groups in total. The van der Waals surface area contributed by atoms with Gasteiger partial charge in [-0.3, -0.25) is 9.78 Å². The molecule has 1 saturated carbocycles. The van der Waals surface area contributed by atoms with Crippen LogP contribution in [0, 0.1) is 0 Å². The summed E-state index contributed by atoms with van der Waals surface area (Å²) in [6.07, 6.45) is 5.81. The second-order valence-corrected chi connectivity index (χ2v) is 4.47. The minimum Gasteiger partial charge on any atom is -0.368 e. The van der Waals surface area contributed by atoms with Gasteiger partial charge in [-0.05, 0) is 12.8 Å². The Balaban J connectivity index is 2.13. The Bertz CT molecular complexity index is 594. The molecule has 3 rings (SSSR count). The van der Waals surface area contributed by atoms with Crippen molar-refractivity contribution in [3.05, 3.63) is 16.2 Å². The van der Waals surface area contributed by atoms with Gasteiger partial charge in [0.1, 0.15) is 0 Å². The molecule has 1 aliphatic rings. The van der Waals surface area contributed by atoms with Gasteiger partial charge in [-0.15, -0.1) is 15.3 Å². The van der Waals surface area contributed by atoms with E-state index in [1.165, 1.54) is 23.8 Å². The Morgan fingerprint density at radius 1 is 1.24 bits per heavy atom. The van der Waals surface area contributed by atoms with Crippen LogP contribution in [0.1, 0.15) is 43.8 Å². The summed E-state index contributed by atoms with van der Waals surface area (Å²) in [7, 11) is 0. The molecule has 0 spiro atoms. The van der Waals surface area contributed by atoms with E-state index in [4.69, 9.17) is 5.73 Å². The summed E-state index contributed by atoms with van der Waals surface area (Å²) in [5, 5.41) is 12.1. The third-order valence-electron chi connectivity index (χ3n) is 3.29. The normalized spacial score (nSPS) is 17.6. The Morgan fingerprint density at radius 3 is 2.76 bits per heavy atom. The molecule has 0 saturated heterocycles. The Hall–Kier alpha value is -1.92. The summed E-state index contributed by atoms with van der Waals surface area (Å²) >= 11 is 0. The maximum atomic E-state index is 11.6. The minimum absolute atomic E-state index is 0.0966. The molecule has 1 fully saturated rings. The fraction of sp³-hybridized carbons (Fsp3) is 0.600. The van der Waals surface area contributed by atoms with Gasteiger partial charge in [0.05, 0.1) is 0 Å². The molecule has 0 radical (unpaired) electrons. The van der Waals surface area contributed by atoms with Gasteiger partial charge in [-0.2, -0.15) is 4.52 Å². The van der Waals surface area contributed by atoms with Gasteiger partial charge in [0.25, 0.3) is 5.56 Å². The lowest BCUT2D eigenvalue weighted by Gasteiger charge is -2.19. The minimum atomic E-state index is -0.341. The number of aromatic amines is 1. The number of H-pyrrole nitrogens is 1. The van der Waals surface area contributed by atoms with Gasteiger partial charge in [-0.1, -0.05) is 19.3 Å². The topological polar surface area (TPSA) is 102 Å². The number of anilines is 1. The number of fused-ring (bicyclic) bond motifs is 1. The lowest BCUT2D eigenvalue weighted by Crippen LogP contribution is -2.18. The highest BCUT2D eigenvalue weighted by atomic mass is 16.1. The fourth-order valence-electron chi connectivity index (χ4n) is 2.45. The molecule has 90 valence electrons. The average Bonchev–Trinajstić information content (AvgIpc) is 2.74. The third kappa shape index (κ3) is 1.67. The summed E-state index contributed by atoms with van der Waals surface area (Å²) in [6, 6.07) is 0. The summed E-state index contributed by atoms with van der Waals surface area (Å²) in [5.74, 6) is 1.20. The zero-order valence-electron chi connectivity index (χ0n) is 9.39. The number of nitrogens with one attached hydrogen (secondary N) is 1. The summed E-state index contributed by atoms with van der Waals surface area (Å²) < 4.78 is 1.49. The predicted molar refractivity (Wildman–Crippen MR) is 61.6 cm³/mol. The zero-order chi connectivity index (χ0) is 11.8. The Labute approximate surface area is 97.1 Å². The van der Waals surface area contributed by atoms with Crippen molar-refractivity contribution >= 4 is 11.6 Å². The maximum absolute atomic E-state index is 11.6. The van der Waals surface area contributed by atoms with E-state index < -0.39 is 0 Å². The van der Waals surface area contributed by atoms with Crippen molar-refractivity contribution < 1.29 is 0 Å². The first-order valence-corrected chi connectivity index (χ1v) is 5.87. The molecule has 0 aromatic carbocycles. The van der Waals surface area contributed by atoms with Gasteiger partial charge in [0.2, 0.25) is 11.6 Å². The van der Waals surface area contributed by atoms with E-state index in [9.17, 15) is 4.79 Å². The van der Waals surface area contributed by atoms with Crippen LogP contribution < -0.4 is 11.3 Å². The van der Waals surface area contributed by atoms with Crippen molar-refractivity contribution in [2.45, 2.75) is 38.0 Å². The first-order valence-electron chi connectivity index (χ1n) is 5.87. The molecule has 0 aliphatic heterocycles. The van der Waals surface area contributed by atoms with Gasteiger partial charge in [0.15, 0.2) is 5.82 Å². The van der Waals surface area contributed by atoms with E-state index in [1.807, 2.05) is 0 Å². The van der Waals surface area contributed by atoms with Crippen LogP contribution in [0.3, 0.4) is 0 Å². The molecule has 0 atom stereocenters.